The molecule has 110 valence electrons. The third-order valence-electron chi connectivity index (χ3n) is 2.60. The van der Waals surface area contributed by atoms with Crippen LogP contribution in [0.25, 0.3) is 0 Å². The Kier molecular flexibility index (Phi) is 5.59. The van der Waals surface area contributed by atoms with Crippen molar-refractivity contribution >= 4 is 39.2 Å². The molecule has 0 aliphatic heterocycles. The Morgan fingerprint density at radius 1 is 1.40 bits per heavy atom. The molecule has 0 bridgehead atoms. The SMILES string of the molecule is Cc1c(Cl)ccc(S(=O)(=O)N(C)CC=CC(=O)O)c1Cl. The monoisotopic (exact) mass is 337 g/mol. The molecule has 1 aromatic carbocycles. The zero-order valence-corrected chi connectivity index (χ0v) is 13.1. The zero-order chi connectivity index (χ0) is 15.5. The van der Waals surface area contributed by atoms with Crippen LogP contribution >= 0.6 is 23.2 Å². The Hall–Kier alpha value is -1.08. The summed E-state index contributed by atoms with van der Waals surface area (Å²) < 4.78 is 25.6. The number of carbonyl (C=O) groups is 1. The maximum absolute atomic E-state index is 12.3. The summed E-state index contributed by atoms with van der Waals surface area (Å²) in [6.45, 7) is 1.54. The molecule has 0 atom stereocenters. The van der Waals surface area contributed by atoms with E-state index in [-0.39, 0.29) is 16.5 Å². The standard InChI is InChI=1S/C12H13Cl2NO4S/c1-8-9(13)5-6-10(12(8)14)20(18,19)15(2)7-3-4-11(16)17/h3-6H,7H2,1-2H3,(H,16,17). The van der Waals surface area contributed by atoms with Gasteiger partial charge in [0.05, 0.1) is 5.02 Å². The fourth-order valence-electron chi connectivity index (χ4n) is 1.40. The number of carboxylic acid groups (broad SMARTS) is 1. The van der Waals surface area contributed by atoms with E-state index < -0.39 is 16.0 Å². The van der Waals surface area contributed by atoms with Crippen molar-refractivity contribution in [1.82, 2.24) is 4.31 Å². The summed E-state index contributed by atoms with van der Waals surface area (Å²) in [6.07, 6.45) is 2.11. The topological polar surface area (TPSA) is 74.7 Å². The molecule has 1 aromatic rings. The van der Waals surface area contributed by atoms with Crippen molar-refractivity contribution in [2.75, 3.05) is 13.6 Å². The number of nitrogens with zero attached hydrogens (tertiary/aromatic N) is 1. The number of aliphatic carboxylic acids is 1. The van der Waals surface area contributed by atoms with Gasteiger partial charge in [0.2, 0.25) is 10.0 Å². The predicted octanol–water partition coefficient (Wildman–Crippen LogP) is 2.56. The van der Waals surface area contributed by atoms with E-state index in [0.29, 0.717) is 10.6 Å². The van der Waals surface area contributed by atoms with Gasteiger partial charge in [-0.15, -0.1) is 0 Å². The summed E-state index contributed by atoms with van der Waals surface area (Å²) in [4.78, 5) is 10.3. The fraction of sp³-hybridized carbons (Fsp3) is 0.250. The highest BCUT2D eigenvalue weighted by atomic mass is 35.5. The second-order valence-electron chi connectivity index (χ2n) is 4.01. The van der Waals surface area contributed by atoms with Gasteiger partial charge in [0.1, 0.15) is 4.90 Å². The van der Waals surface area contributed by atoms with Crippen molar-refractivity contribution in [2.45, 2.75) is 11.8 Å². The van der Waals surface area contributed by atoms with Crippen molar-refractivity contribution in [2.24, 2.45) is 0 Å². The fourth-order valence-corrected chi connectivity index (χ4v) is 3.30. The minimum absolute atomic E-state index is 0.0616. The lowest BCUT2D eigenvalue weighted by Gasteiger charge is -2.17. The Bertz CT molecular complexity index is 656. The molecule has 1 N–H and O–H groups in total. The predicted molar refractivity (Wildman–Crippen MR) is 77.8 cm³/mol. The van der Waals surface area contributed by atoms with Crippen molar-refractivity contribution in [1.29, 1.82) is 0 Å². The number of rotatable bonds is 5. The number of likely N-dealkylation sites (N-methyl/N-ethyl adjacent to an activating group) is 1. The smallest absolute Gasteiger partial charge is 0.328 e. The highest BCUT2D eigenvalue weighted by Gasteiger charge is 2.24. The molecular formula is C12H13Cl2NO4S. The summed E-state index contributed by atoms with van der Waals surface area (Å²) in [5, 5.41) is 8.91. The van der Waals surface area contributed by atoms with Gasteiger partial charge in [0.15, 0.2) is 0 Å². The zero-order valence-electron chi connectivity index (χ0n) is 10.8. The van der Waals surface area contributed by atoms with Gasteiger partial charge in [-0.05, 0) is 24.6 Å². The van der Waals surface area contributed by atoms with E-state index in [1.54, 1.807) is 6.92 Å². The third kappa shape index (κ3) is 3.73. The van der Waals surface area contributed by atoms with Gasteiger partial charge in [0, 0.05) is 24.7 Å². The highest BCUT2D eigenvalue weighted by molar-refractivity contribution is 7.89. The van der Waals surface area contributed by atoms with Gasteiger partial charge in [-0.2, -0.15) is 4.31 Å². The Morgan fingerprint density at radius 2 is 2.00 bits per heavy atom. The van der Waals surface area contributed by atoms with Crippen LogP contribution in [0.2, 0.25) is 10.0 Å². The quantitative estimate of drug-likeness (QED) is 0.838. The molecule has 0 aromatic heterocycles. The van der Waals surface area contributed by atoms with E-state index in [1.807, 2.05) is 0 Å². The third-order valence-corrected chi connectivity index (χ3v) is 5.47. The summed E-state index contributed by atoms with van der Waals surface area (Å²) >= 11 is 11.9. The van der Waals surface area contributed by atoms with Crippen LogP contribution in [0.4, 0.5) is 0 Å². The van der Waals surface area contributed by atoms with Crippen LogP contribution in [-0.4, -0.2) is 37.4 Å². The van der Waals surface area contributed by atoms with Crippen LogP contribution < -0.4 is 0 Å². The molecule has 0 fully saturated rings. The van der Waals surface area contributed by atoms with E-state index in [0.717, 1.165) is 10.4 Å². The van der Waals surface area contributed by atoms with E-state index in [1.165, 1.54) is 25.3 Å². The lowest BCUT2D eigenvalue weighted by atomic mass is 10.2. The van der Waals surface area contributed by atoms with Crippen LogP contribution in [0.3, 0.4) is 0 Å². The second-order valence-corrected chi connectivity index (χ2v) is 6.81. The Morgan fingerprint density at radius 3 is 2.55 bits per heavy atom. The molecule has 0 unspecified atom stereocenters. The number of hydrogen-bond acceptors (Lipinski definition) is 3. The Balaban J connectivity index is 3.11. The van der Waals surface area contributed by atoms with Crippen molar-refractivity contribution in [3.05, 3.63) is 39.9 Å². The first-order valence-corrected chi connectivity index (χ1v) is 7.68. The Labute approximate surface area is 127 Å². The average molecular weight is 338 g/mol. The van der Waals surface area contributed by atoms with E-state index in [2.05, 4.69) is 0 Å². The van der Waals surface area contributed by atoms with Gasteiger partial charge in [0.25, 0.3) is 0 Å². The lowest BCUT2D eigenvalue weighted by molar-refractivity contribution is -0.131. The first-order chi connectivity index (χ1) is 9.17. The molecule has 0 saturated heterocycles. The van der Waals surface area contributed by atoms with E-state index in [4.69, 9.17) is 28.3 Å². The van der Waals surface area contributed by atoms with E-state index in [9.17, 15) is 13.2 Å². The normalized spacial score (nSPS) is 12.2. The van der Waals surface area contributed by atoms with Crippen LogP contribution in [-0.2, 0) is 14.8 Å². The van der Waals surface area contributed by atoms with Gasteiger partial charge in [-0.3, -0.25) is 0 Å². The molecule has 1 rings (SSSR count). The van der Waals surface area contributed by atoms with Crippen molar-refractivity contribution < 1.29 is 18.3 Å². The molecule has 0 spiro atoms. The number of hydrogen-bond donors (Lipinski definition) is 1. The number of carboxylic acids is 1. The van der Waals surface area contributed by atoms with Crippen LogP contribution in [0.1, 0.15) is 5.56 Å². The summed E-state index contributed by atoms with van der Waals surface area (Å²) in [6, 6.07) is 2.78. The number of sulfonamides is 1. The molecule has 5 nitrogen and oxygen atoms in total. The molecule has 0 aliphatic rings. The van der Waals surface area contributed by atoms with Crippen LogP contribution in [0.5, 0.6) is 0 Å². The van der Waals surface area contributed by atoms with Gasteiger partial charge < -0.3 is 5.11 Å². The molecule has 0 amide bonds. The average Bonchev–Trinajstić information content (AvgIpc) is 2.35. The summed E-state index contributed by atoms with van der Waals surface area (Å²) in [7, 11) is -2.47. The second kappa shape index (κ2) is 6.58. The maximum Gasteiger partial charge on any atom is 0.328 e. The molecule has 0 radical (unpaired) electrons. The molecule has 0 aliphatic carbocycles. The van der Waals surface area contributed by atoms with Gasteiger partial charge in [-0.1, -0.05) is 29.3 Å². The summed E-state index contributed by atoms with van der Waals surface area (Å²) in [5.74, 6) is -1.14. The first-order valence-electron chi connectivity index (χ1n) is 5.48. The number of halogens is 2. The molecule has 0 saturated carbocycles. The molecule has 0 heterocycles. The van der Waals surface area contributed by atoms with Crippen LogP contribution in [0.15, 0.2) is 29.2 Å². The summed E-state index contributed by atoms with van der Waals surface area (Å²) in [5.41, 5.74) is 0.476. The van der Waals surface area contributed by atoms with E-state index >= 15 is 0 Å². The minimum atomic E-state index is -3.81. The minimum Gasteiger partial charge on any atom is -0.478 e. The molecule has 8 heteroatoms. The largest absolute Gasteiger partial charge is 0.478 e. The van der Waals surface area contributed by atoms with Gasteiger partial charge >= 0.3 is 5.97 Å². The highest BCUT2D eigenvalue weighted by Crippen LogP contribution is 2.31. The molecular weight excluding hydrogens is 325 g/mol. The van der Waals surface area contributed by atoms with Gasteiger partial charge in [-0.25, -0.2) is 13.2 Å². The van der Waals surface area contributed by atoms with Crippen molar-refractivity contribution in [3.63, 3.8) is 0 Å². The number of benzene rings is 1. The van der Waals surface area contributed by atoms with Crippen molar-refractivity contribution in [3.8, 4) is 0 Å². The maximum atomic E-state index is 12.3. The lowest BCUT2D eigenvalue weighted by Crippen LogP contribution is -2.27. The van der Waals surface area contributed by atoms with Crippen LogP contribution in [0, 0.1) is 6.92 Å². The molecule has 20 heavy (non-hydrogen) atoms. The first kappa shape index (κ1) is 17.0.